The Hall–Kier alpha value is -1.80. The molecule has 5 heteroatoms. The van der Waals surface area contributed by atoms with Gasteiger partial charge in [-0.05, 0) is 38.9 Å². The van der Waals surface area contributed by atoms with E-state index in [9.17, 15) is 0 Å². The highest BCUT2D eigenvalue weighted by Gasteiger charge is 2.21. The van der Waals surface area contributed by atoms with Gasteiger partial charge in [-0.25, -0.2) is 4.98 Å². The lowest BCUT2D eigenvalue weighted by molar-refractivity contribution is 0.284. The van der Waals surface area contributed by atoms with Gasteiger partial charge in [0.15, 0.2) is 5.82 Å². The van der Waals surface area contributed by atoms with Gasteiger partial charge in [-0.1, -0.05) is 0 Å². The molecule has 1 fully saturated rings. The zero-order chi connectivity index (χ0) is 13.8. The number of nitriles is 1. The van der Waals surface area contributed by atoms with E-state index in [0.717, 1.165) is 31.4 Å². The standard InChI is InChI=1S/C14H21N5/c1-18(2)10-11-3-5-19(6-4-11)14-13(16)7-12(8-15)9-17-14/h7,9,11H,3-6,10,16H2,1-2H3. The SMILES string of the molecule is CN(C)CC1CCN(c2ncc(C#N)cc2N)CC1. The Balaban J connectivity index is 2.00. The van der Waals surface area contributed by atoms with E-state index >= 15 is 0 Å². The van der Waals surface area contributed by atoms with Crippen LogP contribution < -0.4 is 10.6 Å². The minimum absolute atomic E-state index is 0.517. The predicted octanol–water partition coefficient (Wildman–Crippen LogP) is 1.31. The van der Waals surface area contributed by atoms with Crippen molar-refractivity contribution in [3.8, 4) is 6.07 Å². The summed E-state index contributed by atoms with van der Waals surface area (Å²) >= 11 is 0. The Bertz CT molecular complexity index is 469. The molecule has 0 bridgehead atoms. The molecule has 0 aromatic carbocycles. The molecule has 0 radical (unpaired) electrons. The molecule has 2 heterocycles. The van der Waals surface area contributed by atoms with Crippen LogP contribution in [0.4, 0.5) is 11.5 Å². The second-order valence-corrected chi connectivity index (χ2v) is 5.44. The van der Waals surface area contributed by atoms with E-state index in [1.807, 2.05) is 0 Å². The molecule has 1 saturated heterocycles. The zero-order valence-electron chi connectivity index (χ0n) is 11.6. The lowest BCUT2D eigenvalue weighted by Gasteiger charge is -2.34. The van der Waals surface area contributed by atoms with Crippen molar-refractivity contribution in [1.82, 2.24) is 9.88 Å². The minimum atomic E-state index is 0.517. The van der Waals surface area contributed by atoms with Crippen LogP contribution in [-0.2, 0) is 0 Å². The van der Waals surface area contributed by atoms with E-state index < -0.39 is 0 Å². The van der Waals surface area contributed by atoms with Gasteiger partial charge in [-0.15, -0.1) is 0 Å². The zero-order valence-corrected chi connectivity index (χ0v) is 11.6. The van der Waals surface area contributed by atoms with Crippen molar-refractivity contribution in [2.75, 3.05) is 44.4 Å². The lowest BCUT2D eigenvalue weighted by Crippen LogP contribution is -2.37. The van der Waals surface area contributed by atoms with Gasteiger partial charge in [0.1, 0.15) is 6.07 Å². The highest BCUT2D eigenvalue weighted by Crippen LogP contribution is 2.26. The highest BCUT2D eigenvalue weighted by atomic mass is 15.2. The number of anilines is 2. The van der Waals surface area contributed by atoms with E-state index in [1.54, 1.807) is 12.3 Å². The van der Waals surface area contributed by atoms with Crippen molar-refractivity contribution in [3.05, 3.63) is 17.8 Å². The molecule has 1 aromatic heterocycles. The molecule has 102 valence electrons. The number of rotatable bonds is 3. The first-order valence-electron chi connectivity index (χ1n) is 6.65. The van der Waals surface area contributed by atoms with Crippen LogP contribution in [0.15, 0.2) is 12.3 Å². The van der Waals surface area contributed by atoms with Crippen molar-refractivity contribution in [1.29, 1.82) is 5.26 Å². The molecule has 1 aliphatic rings. The highest BCUT2D eigenvalue weighted by molar-refractivity contribution is 5.64. The fraction of sp³-hybridized carbons (Fsp3) is 0.571. The molecule has 0 saturated carbocycles. The van der Waals surface area contributed by atoms with Gasteiger partial charge in [0, 0.05) is 25.8 Å². The third kappa shape index (κ3) is 3.36. The number of pyridine rings is 1. The number of aromatic nitrogens is 1. The summed E-state index contributed by atoms with van der Waals surface area (Å²) in [6.45, 7) is 3.12. The van der Waals surface area contributed by atoms with Crippen LogP contribution >= 0.6 is 0 Å². The minimum Gasteiger partial charge on any atom is -0.396 e. The molecular weight excluding hydrogens is 238 g/mol. The van der Waals surface area contributed by atoms with Gasteiger partial charge in [-0.3, -0.25) is 0 Å². The van der Waals surface area contributed by atoms with E-state index in [2.05, 4.69) is 34.9 Å². The number of piperidine rings is 1. The van der Waals surface area contributed by atoms with Crippen LogP contribution in [0.1, 0.15) is 18.4 Å². The van der Waals surface area contributed by atoms with Crippen molar-refractivity contribution >= 4 is 11.5 Å². The summed E-state index contributed by atoms with van der Waals surface area (Å²) in [6, 6.07) is 3.76. The average Bonchev–Trinajstić information content (AvgIpc) is 2.39. The lowest BCUT2D eigenvalue weighted by atomic mass is 9.96. The van der Waals surface area contributed by atoms with Crippen LogP contribution in [-0.4, -0.2) is 43.6 Å². The van der Waals surface area contributed by atoms with Gasteiger partial charge in [0.05, 0.1) is 11.3 Å². The van der Waals surface area contributed by atoms with Crippen molar-refractivity contribution in [3.63, 3.8) is 0 Å². The summed E-state index contributed by atoms with van der Waals surface area (Å²) < 4.78 is 0. The number of nitrogens with two attached hydrogens (primary N) is 1. The molecule has 1 aliphatic heterocycles. The van der Waals surface area contributed by atoms with Crippen LogP contribution in [0, 0.1) is 17.2 Å². The fourth-order valence-electron chi connectivity index (χ4n) is 2.64. The van der Waals surface area contributed by atoms with E-state index in [4.69, 9.17) is 11.0 Å². The van der Waals surface area contributed by atoms with Gasteiger partial charge < -0.3 is 15.5 Å². The third-order valence-electron chi connectivity index (χ3n) is 3.56. The summed E-state index contributed by atoms with van der Waals surface area (Å²) in [5.41, 5.74) is 7.10. The van der Waals surface area contributed by atoms with Crippen LogP contribution in [0.25, 0.3) is 0 Å². The first-order chi connectivity index (χ1) is 9.10. The molecular formula is C14H21N5. The molecule has 2 N–H and O–H groups in total. The Morgan fingerprint density at radius 1 is 1.47 bits per heavy atom. The largest absolute Gasteiger partial charge is 0.396 e. The van der Waals surface area contributed by atoms with Crippen molar-refractivity contribution in [2.24, 2.45) is 5.92 Å². The molecule has 2 rings (SSSR count). The van der Waals surface area contributed by atoms with E-state index in [-0.39, 0.29) is 0 Å². The van der Waals surface area contributed by atoms with E-state index in [1.165, 1.54) is 12.8 Å². The summed E-state index contributed by atoms with van der Waals surface area (Å²) in [7, 11) is 4.24. The quantitative estimate of drug-likeness (QED) is 0.886. The van der Waals surface area contributed by atoms with Gasteiger partial charge in [-0.2, -0.15) is 5.26 Å². The van der Waals surface area contributed by atoms with Gasteiger partial charge in [0.2, 0.25) is 0 Å². The molecule has 0 atom stereocenters. The number of hydrogen-bond donors (Lipinski definition) is 1. The van der Waals surface area contributed by atoms with Crippen LogP contribution in [0.5, 0.6) is 0 Å². The predicted molar refractivity (Wildman–Crippen MR) is 76.9 cm³/mol. The summed E-state index contributed by atoms with van der Waals surface area (Å²) in [5, 5.41) is 8.82. The molecule has 19 heavy (non-hydrogen) atoms. The second-order valence-electron chi connectivity index (χ2n) is 5.44. The number of nitrogens with zero attached hydrogens (tertiary/aromatic N) is 4. The number of nitrogen functional groups attached to an aromatic ring is 1. The van der Waals surface area contributed by atoms with E-state index in [0.29, 0.717) is 11.3 Å². The summed E-state index contributed by atoms with van der Waals surface area (Å²) in [5.74, 6) is 1.58. The fourth-order valence-corrected chi connectivity index (χ4v) is 2.64. The van der Waals surface area contributed by atoms with Crippen molar-refractivity contribution < 1.29 is 0 Å². The van der Waals surface area contributed by atoms with Crippen molar-refractivity contribution in [2.45, 2.75) is 12.8 Å². The normalized spacial score (nSPS) is 16.6. The third-order valence-corrected chi connectivity index (χ3v) is 3.56. The smallest absolute Gasteiger partial charge is 0.151 e. The van der Waals surface area contributed by atoms with Crippen LogP contribution in [0.2, 0.25) is 0 Å². The maximum atomic E-state index is 8.82. The first-order valence-corrected chi connectivity index (χ1v) is 6.65. The Morgan fingerprint density at radius 3 is 2.68 bits per heavy atom. The monoisotopic (exact) mass is 259 g/mol. The summed E-state index contributed by atoms with van der Waals surface area (Å²) in [6.07, 6.45) is 3.93. The average molecular weight is 259 g/mol. The Labute approximate surface area is 114 Å². The topological polar surface area (TPSA) is 69.2 Å². The molecule has 0 amide bonds. The summed E-state index contributed by atoms with van der Waals surface area (Å²) in [4.78, 5) is 8.80. The number of hydrogen-bond acceptors (Lipinski definition) is 5. The van der Waals surface area contributed by atoms with Gasteiger partial charge in [0.25, 0.3) is 0 Å². The van der Waals surface area contributed by atoms with Crippen LogP contribution in [0.3, 0.4) is 0 Å². The first kappa shape index (κ1) is 13.6. The molecule has 5 nitrogen and oxygen atoms in total. The van der Waals surface area contributed by atoms with Gasteiger partial charge >= 0.3 is 0 Å². The maximum Gasteiger partial charge on any atom is 0.151 e. The second kappa shape index (κ2) is 5.89. The molecule has 0 spiro atoms. The molecule has 0 aliphatic carbocycles. The maximum absolute atomic E-state index is 8.82. The molecule has 0 unspecified atom stereocenters. The Kier molecular flexibility index (Phi) is 4.23. The molecule has 1 aromatic rings. The Morgan fingerprint density at radius 2 is 2.16 bits per heavy atom.